The van der Waals surface area contributed by atoms with Crippen molar-refractivity contribution in [3.63, 3.8) is 0 Å². The molecule has 3 aromatic carbocycles. The van der Waals surface area contributed by atoms with Crippen LogP contribution in [0.5, 0.6) is 17.2 Å². The summed E-state index contributed by atoms with van der Waals surface area (Å²) in [7, 11) is 1.60. The molecule has 1 heterocycles. The minimum absolute atomic E-state index is 0.187. The highest BCUT2D eigenvalue weighted by Gasteiger charge is 2.24. The molecule has 168 valence electrons. The molecule has 1 amide bonds. The van der Waals surface area contributed by atoms with E-state index in [0.717, 1.165) is 22.6 Å². The summed E-state index contributed by atoms with van der Waals surface area (Å²) in [4.78, 5) is 17.5. The lowest BCUT2D eigenvalue weighted by Gasteiger charge is -2.11. The Morgan fingerprint density at radius 3 is 2.48 bits per heavy atom. The van der Waals surface area contributed by atoms with Crippen LogP contribution in [0.25, 0.3) is 6.08 Å². The molecule has 1 aliphatic rings. The van der Waals surface area contributed by atoms with Gasteiger partial charge in [0.1, 0.15) is 12.4 Å². The SMILES string of the molecule is CCOc1ccc(N=C2NC(=O)/C(=C/c3ccc(OCc4ccccc4)c(OC)c3)S2)cc1. The second kappa shape index (κ2) is 10.7. The highest BCUT2D eigenvalue weighted by molar-refractivity contribution is 8.18. The van der Waals surface area contributed by atoms with E-state index in [0.29, 0.717) is 34.8 Å². The van der Waals surface area contributed by atoms with E-state index in [1.165, 1.54) is 11.8 Å². The van der Waals surface area contributed by atoms with Gasteiger partial charge in [-0.1, -0.05) is 36.4 Å². The summed E-state index contributed by atoms with van der Waals surface area (Å²) in [6, 6.07) is 22.9. The molecule has 0 bridgehead atoms. The van der Waals surface area contributed by atoms with E-state index < -0.39 is 0 Å². The van der Waals surface area contributed by atoms with Gasteiger partial charge >= 0.3 is 0 Å². The van der Waals surface area contributed by atoms with Crippen molar-refractivity contribution >= 4 is 34.6 Å². The number of hydrogen-bond acceptors (Lipinski definition) is 6. The first-order chi connectivity index (χ1) is 16.1. The van der Waals surface area contributed by atoms with E-state index in [1.54, 1.807) is 7.11 Å². The van der Waals surface area contributed by atoms with Crippen LogP contribution in [0.4, 0.5) is 5.69 Å². The molecule has 0 aromatic heterocycles. The van der Waals surface area contributed by atoms with Crippen LogP contribution in [0, 0.1) is 0 Å². The predicted molar refractivity (Wildman–Crippen MR) is 132 cm³/mol. The fraction of sp³-hybridized carbons (Fsp3) is 0.154. The van der Waals surface area contributed by atoms with Crippen molar-refractivity contribution in [3.05, 3.63) is 88.8 Å². The molecule has 1 fully saturated rings. The summed E-state index contributed by atoms with van der Waals surface area (Å²) in [5, 5.41) is 3.34. The average molecular weight is 461 g/mol. The van der Waals surface area contributed by atoms with Crippen LogP contribution in [0.1, 0.15) is 18.1 Å². The number of aliphatic imine (C=N–C) groups is 1. The van der Waals surface area contributed by atoms with Crippen LogP contribution >= 0.6 is 11.8 Å². The largest absolute Gasteiger partial charge is 0.494 e. The Bertz CT molecular complexity index is 1170. The molecule has 1 aliphatic heterocycles. The van der Waals surface area contributed by atoms with Crippen LogP contribution in [0.3, 0.4) is 0 Å². The Kier molecular flexibility index (Phi) is 7.32. The van der Waals surface area contributed by atoms with Gasteiger partial charge < -0.3 is 19.5 Å². The smallest absolute Gasteiger partial charge is 0.264 e. The molecular formula is C26H24N2O4S. The number of hydrogen-bond donors (Lipinski definition) is 1. The van der Waals surface area contributed by atoms with E-state index >= 15 is 0 Å². The van der Waals surface area contributed by atoms with Gasteiger partial charge in [0.25, 0.3) is 5.91 Å². The van der Waals surface area contributed by atoms with Gasteiger partial charge in [-0.05, 0) is 72.3 Å². The monoisotopic (exact) mass is 460 g/mol. The molecule has 1 saturated heterocycles. The van der Waals surface area contributed by atoms with Crippen molar-refractivity contribution < 1.29 is 19.0 Å². The Labute approximate surface area is 197 Å². The standard InChI is InChI=1S/C26H24N2O4S/c1-3-31-21-12-10-20(11-13-21)27-26-28-25(29)24(33-26)16-19-9-14-22(23(15-19)30-2)32-17-18-7-5-4-6-8-18/h4-16H,3,17H2,1-2H3,(H,27,28,29)/b24-16-. The molecule has 1 N–H and O–H groups in total. The van der Waals surface area contributed by atoms with Crippen LogP contribution in [-0.2, 0) is 11.4 Å². The van der Waals surface area contributed by atoms with Crippen molar-refractivity contribution in [2.75, 3.05) is 13.7 Å². The number of rotatable bonds is 8. The van der Waals surface area contributed by atoms with Gasteiger partial charge in [0.15, 0.2) is 16.7 Å². The Morgan fingerprint density at radius 2 is 1.76 bits per heavy atom. The van der Waals surface area contributed by atoms with Crippen LogP contribution in [-0.4, -0.2) is 24.8 Å². The van der Waals surface area contributed by atoms with Gasteiger partial charge in [-0.25, -0.2) is 4.99 Å². The number of thioether (sulfide) groups is 1. The maximum absolute atomic E-state index is 12.4. The zero-order chi connectivity index (χ0) is 23.0. The normalized spacial score (nSPS) is 15.5. The summed E-state index contributed by atoms with van der Waals surface area (Å²) < 4.78 is 16.9. The Hall–Kier alpha value is -3.71. The molecule has 0 spiro atoms. The number of methoxy groups -OCH3 is 1. The maximum Gasteiger partial charge on any atom is 0.264 e. The summed E-state index contributed by atoms with van der Waals surface area (Å²) >= 11 is 1.30. The van der Waals surface area contributed by atoms with Gasteiger partial charge in [0.2, 0.25) is 0 Å². The third kappa shape index (κ3) is 5.96. The number of amides is 1. The quantitative estimate of drug-likeness (QED) is 0.446. The molecule has 3 aromatic rings. The van der Waals surface area contributed by atoms with Crippen molar-refractivity contribution in [3.8, 4) is 17.2 Å². The van der Waals surface area contributed by atoms with Crippen LogP contribution in [0.15, 0.2) is 82.7 Å². The minimum Gasteiger partial charge on any atom is -0.494 e. The number of amidine groups is 1. The molecule has 33 heavy (non-hydrogen) atoms. The van der Waals surface area contributed by atoms with Crippen LogP contribution in [0.2, 0.25) is 0 Å². The zero-order valence-corrected chi connectivity index (χ0v) is 19.2. The molecule has 7 heteroatoms. The summed E-state index contributed by atoms with van der Waals surface area (Å²) in [6.07, 6.45) is 1.81. The molecular weight excluding hydrogens is 436 g/mol. The van der Waals surface area contributed by atoms with Crippen molar-refractivity contribution in [1.29, 1.82) is 0 Å². The number of carbonyl (C=O) groups is 1. The highest BCUT2D eigenvalue weighted by atomic mass is 32.2. The molecule has 0 atom stereocenters. The second-order valence-electron chi connectivity index (χ2n) is 7.09. The molecule has 6 nitrogen and oxygen atoms in total. The third-order valence-electron chi connectivity index (χ3n) is 4.75. The first-order valence-electron chi connectivity index (χ1n) is 10.5. The van der Waals surface area contributed by atoms with Gasteiger partial charge in [-0.3, -0.25) is 4.79 Å². The van der Waals surface area contributed by atoms with Gasteiger partial charge in [-0.15, -0.1) is 0 Å². The molecule has 0 radical (unpaired) electrons. The lowest BCUT2D eigenvalue weighted by molar-refractivity contribution is -0.115. The second-order valence-corrected chi connectivity index (χ2v) is 8.12. The number of benzene rings is 3. The first kappa shape index (κ1) is 22.5. The highest BCUT2D eigenvalue weighted by Crippen LogP contribution is 2.33. The summed E-state index contributed by atoms with van der Waals surface area (Å²) in [5.74, 6) is 1.85. The summed E-state index contributed by atoms with van der Waals surface area (Å²) in [5.41, 5.74) is 2.65. The van der Waals surface area contributed by atoms with E-state index in [4.69, 9.17) is 14.2 Å². The van der Waals surface area contributed by atoms with E-state index in [9.17, 15) is 4.79 Å². The van der Waals surface area contributed by atoms with E-state index in [1.807, 2.05) is 85.8 Å². The fourth-order valence-electron chi connectivity index (χ4n) is 3.16. The fourth-order valence-corrected chi connectivity index (χ4v) is 4.00. The predicted octanol–water partition coefficient (Wildman–Crippen LogP) is 5.56. The number of carbonyl (C=O) groups excluding carboxylic acids is 1. The van der Waals surface area contributed by atoms with E-state index in [-0.39, 0.29) is 5.91 Å². The molecule has 0 aliphatic carbocycles. The topological polar surface area (TPSA) is 69.2 Å². The van der Waals surface area contributed by atoms with Crippen LogP contribution < -0.4 is 19.5 Å². The maximum atomic E-state index is 12.4. The molecule has 0 unspecified atom stereocenters. The van der Waals surface area contributed by atoms with Gasteiger partial charge in [0.05, 0.1) is 24.3 Å². The number of nitrogens with zero attached hydrogens (tertiary/aromatic N) is 1. The van der Waals surface area contributed by atoms with Crippen molar-refractivity contribution in [1.82, 2.24) is 5.32 Å². The molecule has 0 saturated carbocycles. The zero-order valence-electron chi connectivity index (χ0n) is 18.4. The Balaban J connectivity index is 1.46. The van der Waals surface area contributed by atoms with E-state index in [2.05, 4.69) is 10.3 Å². The number of ether oxygens (including phenoxy) is 3. The number of nitrogens with one attached hydrogen (secondary N) is 1. The molecule has 4 rings (SSSR count). The van der Waals surface area contributed by atoms with Gasteiger partial charge in [0, 0.05) is 0 Å². The Morgan fingerprint density at radius 1 is 0.970 bits per heavy atom. The van der Waals surface area contributed by atoms with Gasteiger partial charge in [-0.2, -0.15) is 0 Å². The average Bonchev–Trinajstić information content (AvgIpc) is 3.18. The first-order valence-corrected chi connectivity index (χ1v) is 11.3. The minimum atomic E-state index is -0.187. The van der Waals surface area contributed by atoms with Crippen molar-refractivity contribution in [2.24, 2.45) is 4.99 Å². The lowest BCUT2D eigenvalue weighted by atomic mass is 10.2. The van der Waals surface area contributed by atoms with Crippen molar-refractivity contribution in [2.45, 2.75) is 13.5 Å². The lowest BCUT2D eigenvalue weighted by Crippen LogP contribution is -2.19. The summed E-state index contributed by atoms with van der Waals surface area (Å²) in [6.45, 7) is 2.99. The third-order valence-corrected chi connectivity index (χ3v) is 5.66.